The third-order valence-electron chi connectivity index (χ3n) is 33.1. The van der Waals surface area contributed by atoms with Crippen molar-refractivity contribution in [3.63, 3.8) is 0 Å². The number of hydrogen-bond acceptors (Lipinski definition) is 9. The van der Waals surface area contributed by atoms with Gasteiger partial charge in [0.05, 0.1) is 13.2 Å². The lowest BCUT2D eigenvalue weighted by molar-refractivity contribution is -0.144. The molecule has 0 amide bonds. The third-order valence-corrected chi connectivity index (χ3v) is 33.1. The third kappa shape index (κ3) is 58.1. The minimum absolute atomic E-state index is 0.0200. The molecule has 15 unspecified atom stereocenters. The van der Waals surface area contributed by atoms with Crippen LogP contribution in [0, 0.1) is 88.8 Å². The predicted molar refractivity (Wildman–Crippen MR) is 525 cm³/mol. The highest BCUT2D eigenvalue weighted by Gasteiger charge is 2.41. The van der Waals surface area contributed by atoms with Crippen LogP contribution >= 0.6 is 0 Å². The molecule has 0 aromatic rings. The van der Waals surface area contributed by atoms with E-state index in [0.29, 0.717) is 60.9 Å². The summed E-state index contributed by atoms with van der Waals surface area (Å²) >= 11 is 0. The van der Waals surface area contributed by atoms with Crippen LogP contribution in [-0.4, -0.2) is 54.1 Å². The number of Topliss-reactive ketones (excluding diaryl/α,β-unsaturated/α-hetero) is 5. The fourth-order valence-corrected chi connectivity index (χ4v) is 23.7. The number of ketones is 5. The van der Waals surface area contributed by atoms with E-state index >= 15 is 0 Å². The van der Waals surface area contributed by atoms with Gasteiger partial charge in [0.25, 0.3) is 0 Å². The van der Waals surface area contributed by atoms with Crippen LogP contribution in [0.2, 0.25) is 0 Å². The van der Waals surface area contributed by atoms with Crippen LogP contribution in [0.15, 0.2) is 0 Å². The molecule has 9 nitrogen and oxygen atoms in total. The van der Waals surface area contributed by atoms with Crippen LogP contribution in [0.4, 0.5) is 0 Å². The van der Waals surface area contributed by atoms with Crippen LogP contribution in [0.5, 0.6) is 0 Å². The fourth-order valence-electron chi connectivity index (χ4n) is 23.7. The van der Waals surface area contributed by atoms with Gasteiger partial charge in [-0.15, -0.1) is 0 Å². The first-order chi connectivity index (χ1) is 61.4. The normalized spacial score (nSPS) is 33.2. The molecule has 0 spiro atoms. The van der Waals surface area contributed by atoms with Gasteiger partial charge in [-0.25, -0.2) is 0 Å². The number of cyclic esters (lactones) is 2. The molecule has 2 saturated heterocycles. The molecule has 125 heavy (non-hydrogen) atoms. The molecule has 14 aliphatic rings. The second-order valence-corrected chi connectivity index (χ2v) is 45.0. The smallest absolute Gasteiger partial charge is 0.305 e. The van der Waals surface area contributed by atoms with Gasteiger partial charge in [0, 0.05) is 77.0 Å². The van der Waals surface area contributed by atoms with E-state index in [1.165, 1.54) is 443 Å². The van der Waals surface area contributed by atoms with Gasteiger partial charge in [0.2, 0.25) is 0 Å². The van der Waals surface area contributed by atoms with Gasteiger partial charge in [0.1, 0.15) is 28.9 Å². The summed E-state index contributed by atoms with van der Waals surface area (Å²) in [6.07, 6.45) is 116. The molecule has 0 radical (unpaired) electrons. The van der Waals surface area contributed by atoms with Gasteiger partial charge in [-0.2, -0.15) is 0 Å². The molecule has 15 atom stereocenters. The van der Waals surface area contributed by atoms with Crippen molar-refractivity contribution in [1.29, 1.82) is 0 Å². The molecule has 722 valence electrons. The fraction of sp³-hybridized carbons (Fsp3) is 0.940. The highest BCUT2D eigenvalue weighted by Crippen LogP contribution is 2.51. The zero-order valence-corrected chi connectivity index (χ0v) is 82.6. The highest BCUT2D eigenvalue weighted by molar-refractivity contribution is 5.80. The molecule has 12 saturated carbocycles. The van der Waals surface area contributed by atoms with Crippen molar-refractivity contribution in [3.05, 3.63) is 0 Å². The maximum absolute atomic E-state index is 11.9. The average molecular weight is 1740 g/mol. The number of rotatable bonds is 0. The Morgan fingerprint density at radius 1 is 0.152 bits per heavy atom. The Morgan fingerprint density at radius 2 is 0.344 bits per heavy atom. The maximum atomic E-state index is 11.9. The van der Waals surface area contributed by atoms with Crippen molar-refractivity contribution in [1.82, 2.24) is 0 Å². The molecule has 12 aliphatic carbocycles. The van der Waals surface area contributed by atoms with Crippen molar-refractivity contribution in [2.24, 2.45) is 88.8 Å². The van der Waals surface area contributed by atoms with Crippen LogP contribution in [-0.2, 0) is 43.0 Å². The lowest BCUT2D eigenvalue weighted by atomic mass is 9.95. The van der Waals surface area contributed by atoms with Gasteiger partial charge in [-0.05, 0) is 230 Å². The molecule has 2 heterocycles. The van der Waals surface area contributed by atoms with Crippen molar-refractivity contribution < 1.29 is 43.0 Å². The molecule has 0 aromatic carbocycles. The number of fused-ring (bicyclic) bond motifs is 7. The molecule has 14 fully saturated rings. The summed E-state index contributed by atoms with van der Waals surface area (Å²) in [6.45, 7) is 3.58. The predicted octanol–water partition coefficient (Wildman–Crippen LogP) is 34.8. The highest BCUT2D eigenvalue weighted by atomic mass is 16.5. The van der Waals surface area contributed by atoms with E-state index in [9.17, 15) is 33.6 Å². The largest absolute Gasteiger partial charge is 0.466 e. The first kappa shape index (κ1) is 108. The van der Waals surface area contributed by atoms with E-state index < -0.39 is 0 Å². The summed E-state index contributed by atoms with van der Waals surface area (Å²) in [6, 6.07) is 0. The Bertz CT molecular complexity index is 2730. The second kappa shape index (κ2) is 70.0. The quantitative estimate of drug-likeness (QED) is 0.217. The lowest BCUT2D eigenvalue weighted by Crippen LogP contribution is -2.06. The molecule has 0 N–H and O–H groups in total. The first-order valence-electron chi connectivity index (χ1n) is 57.3. The molecule has 2 aliphatic heterocycles. The summed E-state index contributed by atoms with van der Waals surface area (Å²) in [5, 5.41) is 0. The minimum atomic E-state index is 0.0200. The minimum Gasteiger partial charge on any atom is -0.466 e. The monoisotopic (exact) mass is 1740 g/mol. The Labute approximate surface area is 772 Å². The summed E-state index contributed by atoms with van der Waals surface area (Å²) in [5.74, 6) is 17.2. The van der Waals surface area contributed by atoms with E-state index in [4.69, 9.17) is 9.47 Å². The zero-order valence-electron chi connectivity index (χ0n) is 82.6. The summed E-state index contributed by atoms with van der Waals surface area (Å²) in [4.78, 5) is 81.5. The second-order valence-electron chi connectivity index (χ2n) is 45.0. The Morgan fingerprint density at radius 3 is 0.664 bits per heavy atom. The van der Waals surface area contributed by atoms with Crippen molar-refractivity contribution in [3.8, 4) is 0 Å². The van der Waals surface area contributed by atoms with Crippen LogP contribution < -0.4 is 0 Å². The standard InChI is InChI=1S/C18H32O.C17H30O2.2C17H30O.C16H28O2.C16H28O.C15H26O/c19-18-13-9-5-1-3-7-11-16-15-17(16)12-8-4-2-6-10-14-18;18-17-12-8-4-3-7-11-16-14-15(16)10-6-2-1-5-9-13-19-17;1-14-11-16-13-15(16)9-7-5-3-2-4-6-8-10-17(18)12-14;18-17-12-8-6-4-2-1-3-5-7-10-15-14-16(15)11-9-13-17;17-16-11-7-5-3-1-2-4-6-9-14-13-15(14)10-8-12-18-16;17-16-10-8-6-4-2-1-3-5-7-9-14-13-15(14)11-12-16;16-15-10-8-6-4-2-1-3-5-7-9-13-11-14(13)12-15/h16-17H,1-15H2;15-16H,1-14H2;14-16H,2-13H2,1H3;15-16H,1-14H2;14-15H,1-13H2;14-15H,1-13H2;13-14H,1-12H2. The molecule has 9 heteroatoms. The topological polar surface area (TPSA) is 138 Å². The van der Waals surface area contributed by atoms with E-state index in [1.807, 2.05) is 0 Å². The number of carbonyl (C=O) groups excluding carboxylic acids is 7. The van der Waals surface area contributed by atoms with Gasteiger partial charge in [-0.1, -0.05) is 373 Å². The average Bonchev–Trinajstić information content (AvgIpc) is 1.82. The van der Waals surface area contributed by atoms with Crippen molar-refractivity contribution >= 4 is 40.9 Å². The Kier molecular flexibility index (Phi) is 60.3. The number of carbonyl (C=O) groups is 7. The zero-order chi connectivity index (χ0) is 87.9. The number of ether oxygens (including phenoxy) is 2. The summed E-state index contributed by atoms with van der Waals surface area (Å²) in [5.41, 5.74) is 0. The van der Waals surface area contributed by atoms with Gasteiger partial charge in [-0.3, -0.25) is 33.6 Å². The van der Waals surface area contributed by atoms with E-state index in [0.717, 1.165) is 211 Å². The van der Waals surface area contributed by atoms with Crippen LogP contribution in [0.1, 0.15) is 591 Å². The summed E-state index contributed by atoms with van der Waals surface area (Å²) < 4.78 is 10.5. The number of hydrogen-bond donors (Lipinski definition) is 0. The van der Waals surface area contributed by atoms with Gasteiger partial charge < -0.3 is 9.47 Å². The molecular weight excluding hydrogens is 1540 g/mol. The van der Waals surface area contributed by atoms with E-state index in [2.05, 4.69) is 6.92 Å². The van der Waals surface area contributed by atoms with Crippen molar-refractivity contribution in [2.45, 2.75) is 591 Å². The SMILES string of the molecule is CC1CC(=O)CCCCCCCCCC2CC2C1.O=C1CCCCCCC2CC2CCCCCCCO1.O=C1CCCCCCCC2CC2CCCCCCC1.O=C1CCCCCCCCCC2CC2CCCO1.O=C1CCCCCCCCCCC2CC2C1.O=C1CCCCCCCCCCC2CC2CC1.O=C1CCCCCCCCCCC2CC2CCC1. The van der Waals surface area contributed by atoms with Crippen LogP contribution in [0.25, 0.3) is 0 Å². The van der Waals surface area contributed by atoms with Gasteiger partial charge in [0.15, 0.2) is 0 Å². The lowest BCUT2D eigenvalue weighted by Gasteiger charge is -2.10. The Hall–Kier alpha value is -2.71. The van der Waals surface area contributed by atoms with Crippen LogP contribution in [0.3, 0.4) is 0 Å². The molecule has 14 rings (SSSR count). The Balaban J connectivity index is 0.000000181. The summed E-state index contributed by atoms with van der Waals surface area (Å²) in [7, 11) is 0. The molecule has 0 bridgehead atoms. The van der Waals surface area contributed by atoms with E-state index in [1.54, 1.807) is 0 Å². The first-order valence-corrected chi connectivity index (χ1v) is 57.3. The number of esters is 2. The maximum Gasteiger partial charge on any atom is 0.305 e. The van der Waals surface area contributed by atoms with Crippen molar-refractivity contribution in [2.75, 3.05) is 13.2 Å². The van der Waals surface area contributed by atoms with Gasteiger partial charge >= 0.3 is 11.9 Å². The van der Waals surface area contributed by atoms with E-state index in [-0.39, 0.29) is 11.9 Å². The molecular formula is C116H204O9. The molecule has 0 aromatic heterocycles.